The largest absolute Gasteiger partial charge is 0.351 e. The molecule has 1 atom stereocenters. The zero-order chi connectivity index (χ0) is 21.5. The van der Waals surface area contributed by atoms with Crippen molar-refractivity contribution in [1.82, 2.24) is 10.2 Å². The molecule has 0 aromatic heterocycles. The second-order valence-corrected chi connectivity index (χ2v) is 8.51. The van der Waals surface area contributed by atoms with Crippen LogP contribution in [-0.4, -0.2) is 28.6 Å². The van der Waals surface area contributed by atoms with E-state index in [1.54, 1.807) is 4.90 Å². The van der Waals surface area contributed by atoms with Gasteiger partial charge in [0.1, 0.15) is 11.9 Å². The summed E-state index contributed by atoms with van der Waals surface area (Å²) in [5.74, 6) is -0.531. The zero-order valence-electron chi connectivity index (χ0n) is 17.9. The Kier molecular flexibility index (Phi) is 7.92. The van der Waals surface area contributed by atoms with Crippen molar-refractivity contribution in [2.45, 2.75) is 64.6 Å². The Morgan fingerprint density at radius 3 is 2.33 bits per heavy atom. The predicted octanol–water partition coefficient (Wildman–Crippen LogP) is 5.06. The molecular formula is C25H31ClN2O2. The van der Waals surface area contributed by atoms with Gasteiger partial charge >= 0.3 is 0 Å². The molecule has 1 aliphatic carbocycles. The third kappa shape index (κ3) is 5.63. The Morgan fingerprint density at radius 1 is 1.03 bits per heavy atom. The highest BCUT2D eigenvalue weighted by molar-refractivity contribution is 6.27. The molecule has 2 amide bonds. The molecule has 1 saturated carbocycles. The van der Waals surface area contributed by atoms with Crippen LogP contribution in [0.1, 0.15) is 60.4 Å². The lowest BCUT2D eigenvalue weighted by molar-refractivity contribution is -0.140. The Bertz CT molecular complexity index is 860. The number of carbonyl (C=O) groups excluding carboxylic acids is 2. The molecule has 30 heavy (non-hydrogen) atoms. The average molecular weight is 427 g/mol. The highest BCUT2D eigenvalue weighted by atomic mass is 35.5. The van der Waals surface area contributed by atoms with Crippen LogP contribution in [0, 0.1) is 13.8 Å². The molecule has 0 radical (unpaired) electrons. The summed E-state index contributed by atoms with van der Waals surface area (Å²) >= 11 is 5.98. The number of hydrogen-bond acceptors (Lipinski definition) is 2. The van der Waals surface area contributed by atoms with Crippen molar-refractivity contribution in [3.05, 3.63) is 70.8 Å². The van der Waals surface area contributed by atoms with Gasteiger partial charge in [-0.25, -0.2) is 0 Å². The molecule has 0 heterocycles. The molecule has 0 aliphatic heterocycles. The number of benzene rings is 2. The number of aryl methyl sites for hydroxylation is 2. The summed E-state index contributed by atoms with van der Waals surface area (Å²) in [6.45, 7) is 4.34. The van der Waals surface area contributed by atoms with Crippen LogP contribution < -0.4 is 5.32 Å². The van der Waals surface area contributed by atoms with Gasteiger partial charge in [-0.2, -0.15) is 0 Å². The fourth-order valence-electron chi connectivity index (χ4n) is 4.16. The summed E-state index contributed by atoms with van der Waals surface area (Å²) in [6.07, 6.45) is 5.47. The van der Waals surface area contributed by atoms with Crippen LogP contribution in [0.2, 0.25) is 0 Å². The van der Waals surface area contributed by atoms with E-state index < -0.39 is 6.04 Å². The van der Waals surface area contributed by atoms with E-state index in [9.17, 15) is 9.59 Å². The summed E-state index contributed by atoms with van der Waals surface area (Å²) in [7, 11) is 0. The van der Waals surface area contributed by atoms with E-state index in [0.717, 1.165) is 47.9 Å². The number of halogens is 1. The molecule has 0 spiro atoms. The summed E-state index contributed by atoms with van der Waals surface area (Å²) in [5, 5.41) is 3.22. The summed E-state index contributed by atoms with van der Waals surface area (Å²) < 4.78 is 0. The lowest BCUT2D eigenvalue weighted by atomic mass is 9.94. The highest BCUT2D eigenvalue weighted by Crippen LogP contribution is 2.28. The zero-order valence-corrected chi connectivity index (χ0v) is 18.6. The predicted molar refractivity (Wildman–Crippen MR) is 121 cm³/mol. The average Bonchev–Trinajstić information content (AvgIpc) is 2.76. The number of carbonyl (C=O) groups is 2. The van der Waals surface area contributed by atoms with E-state index in [0.29, 0.717) is 6.54 Å². The number of amides is 2. The monoisotopic (exact) mass is 426 g/mol. The van der Waals surface area contributed by atoms with E-state index in [-0.39, 0.29) is 23.7 Å². The lowest BCUT2D eigenvalue weighted by Gasteiger charge is -2.34. The third-order valence-corrected chi connectivity index (χ3v) is 6.13. The van der Waals surface area contributed by atoms with Crippen LogP contribution in [-0.2, 0) is 16.1 Å². The van der Waals surface area contributed by atoms with Crippen LogP contribution >= 0.6 is 11.6 Å². The van der Waals surface area contributed by atoms with Gasteiger partial charge < -0.3 is 10.2 Å². The molecule has 1 N–H and O–H groups in total. The second kappa shape index (κ2) is 10.6. The van der Waals surface area contributed by atoms with Gasteiger partial charge in [0.2, 0.25) is 11.8 Å². The molecular weight excluding hydrogens is 396 g/mol. The number of nitrogens with zero attached hydrogens (tertiary/aromatic N) is 1. The SMILES string of the molecule is Cc1ccc(CN(C(=O)CCl)C(C(=O)NC2CCCCC2)c2ccccc2C)cc1. The van der Waals surface area contributed by atoms with Crippen LogP contribution in [0.5, 0.6) is 0 Å². The van der Waals surface area contributed by atoms with Crippen LogP contribution in [0.15, 0.2) is 48.5 Å². The van der Waals surface area contributed by atoms with Gasteiger partial charge in [-0.05, 0) is 43.4 Å². The smallest absolute Gasteiger partial charge is 0.247 e. The van der Waals surface area contributed by atoms with Crippen molar-refractivity contribution in [2.75, 3.05) is 5.88 Å². The Hall–Kier alpha value is -2.33. The van der Waals surface area contributed by atoms with Crippen molar-refractivity contribution in [2.24, 2.45) is 0 Å². The normalized spacial score (nSPS) is 15.4. The van der Waals surface area contributed by atoms with Crippen LogP contribution in [0.4, 0.5) is 0 Å². The first kappa shape index (κ1) is 22.4. The molecule has 0 bridgehead atoms. The van der Waals surface area contributed by atoms with E-state index >= 15 is 0 Å². The number of rotatable bonds is 7. The second-order valence-electron chi connectivity index (χ2n) is 8.24. The van der Waals surface area contributed by atoms with Gasteiger partial charge in [0.15, 0.2) is 0 Å². The molecule has 1 fully saturated rings. The van der Waals surface area contributed by atoms with Crippen molar-refractivity contribution < 1.29 is 9.59 Å². The summed E-state index contributed by atoms with van der Waals surface area (Å²) in [4.78, 5) is 28.1. The topological polar surface area (TPSA) is 49.4 Å². The van der Waals surface area contributed by atoms with Gasteiger partial charge in [0, 0.05) is 12.6 Å². The van der Waals surface area contributed by atoms with Crippen molar-refractivity contribution in [3.8, 4) is 0 Å². The van der Waals surface area contributed by atoms with Crippen LogP contribution in [0.3, 0.4) is 0 Å². The van der Waals surface area contributed by atoms with E-state index in [1.807, 2.05) is 62.4 Å². The molecule has 1 aliphatic rings. The first-order valence-electron chi connectivity index (χ1n) is 10.8. The maximum absolute atomic E-state index is 13.5. The maximum atomic E-state index is 13.5. The Labute approximate surface area is 184 Å². The van der Waals surface area contributed by atoms with Gasteiger partial charge in [-0.15, -0.1) is 11.6 Å². The molecule has 5 heteroatoms. The van der Waals surface area contributed by atoms with Crippen molar-refractivity contribution in [3.63, 3.8) is 0 Å². The fourth-order valence-corrected chi connectivity index (χ4v) is 4.32. The van der Waals surface area contributed by atoms with E-state index in [2.05, 4.69) is 5.32 Å². The number of nitrogens with one attached hydrogen (secondary N) is 1. The van der Waals surface area contributed by atoms with Crippen molar-refractivity contribution in [1.29, 1.82) is 0 Å². The molecule has 1 unspecified atom stereocenters. The van der Waals surface area contributed by atoms with Gasteiger partial charge in [0.05, 0.1) is 0 Å². The molecule has 160 valence electrons. The van der Waals surface area contributed by atoms with Gasteiger partial charge in [-0.3, -0.25) is 9.59 Å². The van der Waals surface area contributed by atoms with Crippen LogP contribution in [0.25, 0.3) is 0 Å². The first-order valence-corrected chi connectivity index (χ1v) is 11.3. The minimum atomic E-state index is -0.708. The first-order chi connectivity index (χ1) is 14.5. The standard InChI is InChI=1S/C25H31ClN2O2/c1-18-12-14-20(15-13-18)17-28(23(29)16-26)24(22-11-7-6-8-19(22)2)25(30)27-21-9-4-3-5-10-21/h6-8,11-15,21,24H,3-5,9-10,16-17H2,1-2H3,(H,27,30). The minimum absolute atomic E-state index is 0.123. The maximum Gasteiger partial charge on any atom is 0.247 e. The Balaban J connectivity index is 1.95. The van der Waals surface area contributed by atoms with E-state index in [1.165, 1.54) is 6.42 Å². The molecule has 0 saturated heterocycles. The fraction of sp³-hybridized carbons (Fsp3) is 0.440. The van der Waals surface area contributed by atoms with Gasteiger partial charge in [0.25, 0.3) is 0 Å². The summed E-state index contributed by atoms with van der Waals surface area (Å²) in [5.41, 5.74) is 3.96. The molecule has 4 nitrogen and oxygen atoms in total. The molecule has 3 rings (SSSR count). The third-order valence-electron chi connectivity index (χ3n) is 5.90. The quantitative estimate of drug-likeness (QED) is 0.629. The van der Waals surface area contributed by atoms with E-state index in [4.69, 9.17) is 11.6 Å². The minimum Gasteiger partial charge on any atom is -0.351 e. The highest BCUT2D eigenvalue weighted by Gasteiger charge is 2.33. The molecule has 2 aromatic carbocycles. The Morgan fingerprint density at radius 2 is 1.70 bits per heavy atom. The lowest BCUT2D eigenvalue weighted by Crippen LogP contribution is -2.47. The molecule has 2 aromatic rings. The summed E-state index contributed by atoms with van der Waals surface area (Å²) in [6, 6.07) is 15.3. The number of alkyl halides is 1. The van der Waals surface area contributed by atoms with Gasteiger partial charge in [-0.1, -0.05) is 73.4 Å². The number of hydrogen-bond donors (Lipinski definition) is 1. The van der Waals surface area contributed by atoms with Crippen molar-refractivity contribution >= 4 is 23.4 Å².